The van der Waals surface area contributed by atoms with E-state index in [1.165, 1.54) is 11.1 Å². The predicted molar refractivity (Wildman–Crippen MR) is 71.2 cm³/mol. The lowest BCUT2D eigenvalue weighted by Crippen LogP contribution is -2.08. The van der Waals surface area contributed by atoms with Gasteiger partial charge in [-0.2, -0.15) is 0 Å². The predicted octanol–water partition coefficient (Wildman–Crippen LogP) is 4.18. The number of hydrogen-bond donors (Lipinski definition) is 1. The van der Waals surface area contributed by atoms with Crippen LogP contribution in [0.2, 0.25) is 0 Å². The lowest BCUT2D eigenvalue weighted by atomic mass is 9.82. The zero-order valence-electron chi connectivity index (χ0n) is 10.3. The van der Waals surface area contributed by atoms with Crippen molar-refractivity contribution in [1.29, 1.82) is 0 Å². The molecule has 0 aliphatic carbocycles. The van der Waals surface area contributed by atoms with Gasteiger partial charge in [0.25, 0.3) is 0 Å². The number of hydrogen-bond acceptors (Lipinski definition) is 1. The Balaban J connectivity index is 2.43. The van der Waals surface area contributed by atoms with E-state index in [1.807, 2.05) is 18.2 Å². The second-order valence-corrected chi connectivity index (χ2v) is 4.73. The van der Waals surface area contributed by atoms with Crippen molar-refractivity contribution in [3.8, 4) is 5.75 Å². The van der Waals surface area contributed by atoms with Crippen molar-refractivity contribution in [2.24, 2.45) is 5.92 Å². The summed E-state index contributed by atoms with van der Waals surface area (Å²) in [4.78, 5) is 0. The van der Waals surface area contributed by atoms with E-state index in [4.69, 9.17) is 0 Å². The first-order chi connectivity index (χ1) is 8.18. The maximum absolute atomic E-state index is 9.59. The first kappa shape index (κ1) is 11.7. The highest BCUT2D eigenvalue weighted by Gasteiger charge is 2.17. The highest BCUT2D eigenvalue weighted by atomic mass is 16.3. The molecule has 0 fully saturated rings. The van der Waals surface area contributed by atoms with E-state index < -0.39 is 0 Å². The van der Waals surface area contributed by atoms with Crippen LogP contribution >= 0.6 is 0 Å². The van der Waals surface area contributed by atoms with Gasteiger partial charge in [-0.05, 0) is 29.2 Å². The first-order valence-electron chi connectivity index (χ1n) is 6.02. The van der Waals surface area contributed by atoms with Crippen LogP contribution < -0.4 is 0 Å². The molecule has 0 aliphatic rings. The molecule has 1 N–H and O–H groups in total. The molecule has 2 aromatic carbocycles. The van der Waals surface area contributed by atoms with Crippen molar-refractivity contribution >= 4 is 0 Å². The van der Waals surface area contributed by atoms with Crippen LogP contribution in [-0.4, -0.2) is 5.11 Å². The average Bonchev–Trinajstić information content (AvgIpc) is 2.30. The summed E-state index contributed by atoms with van der Waals surface area (Å²) in [6.07, 6.45) is 0. The molecule has 0 heterocycles. The fourth-order valence-electron chi connectivity index (χ4n) is 2.34. The molecular formula is C16H18O. The molecule has 0 saturated carbocycles. The molecule has 88 valence electrons. The van der Waals surface area contributed by atoms with Crippen LogP contribution in [0.5, 0.6) is 5.75 Å². The highest BCUT2D eigenvalue weighted by Crippen LogP contribution is 2.32. The van der Waals surface area contributed by atoms with Crippen LogP contribution in [0.15, 0.2) is 54.6 Å². The Morgan fingerprint density at radius 1 is 0.824 bits per heavy atom. The van der Waals surface area contributed by atoms with Gasteiger partial charge in [0, 0.05) is 5.92 Å². The van der Waals surface area contributed by atoms with Crippen LogP contribution in [0.3, 0.4) is 0 Å². The zero-order valence-corrected chi connectivity index (χ0v) is 10.3. The molecule has 1 heteroatoms. The summed E-state index contributed by atoms with van der Waals surface area (Å²) in [6, 6.07) is 18.0. The second-order valence-electron chi connectivity index (χ2n) is 4.73. The van der Waals surface area contributed by atoms with Gasteiger partial charge in [-0.3, -0.25) is 0 Å². The van der Waals surface area contributed by atoms with E-state index in [1.54, 1.807) is 6.07 Å². The molecule has 0 aliphatic heterocycles. The fraction of sp³-hybridized carbons (Fsp3) is 0.250. The smallest absolute Gasteiger partial charge is 0.115 e. The molecule has 17 heavy (non-hydrogen) atoms. The van der Waals surface area contributed by atoms with Crippen LogP contribution in [-0.2, 0) is 0 Å². The van der Waals surface area contributed by atoms with E-state index in [9.17, 15) is 5.11 Å². The summed E-state index contributed by atoms with van der Waals surface area (Å²) in [6.45, 7) is 4.42. The van der Waals surface area contributed by atoms with Crippen molar-refractivity contribution in [1.82, 2.24) is 0 Å². The Labute approximate surface area is 103 Å². The molecule has 0 saturated heterocycles. The third-order valence-electron chi connectivity index (χ3n) is 3.05. The lowest BCUT2D eigenvalue weighted by molar-refractivity contribution is 0.472. The van der Waals surface area contributed by atoms with Crippen molar-refractivity contribution in [2.45, 2.75) is 19.8 Å². The highest BCUT2D eigenvalue weighted by molar-refractivity contribution is 5.37. The Morgan fingerprint density at radius 2 is 1.47 bits per heavy atom. The van der Waals surface area contributed by atoms with Gasteiger partial charge in [-0.15, -0.1) is 0 Å². The van der Waals surface area contributed by atoms with Crippen molar-refractivity contribution in [3.05, 3.63) is 65.7 Å². The SMILES string of the molecule is CC(C)C(c1ccccc1)c1cccc(O)c1. The summed E-state index contributed by atoms with van der Waals surface area (Å²) in [7, 11) is 0. The van der Waals surface area contributed by atoms with E-state index in [-0.39, 0.29) is 0 Å². The minimum Gasteiger partial charge on any atom is -0.508 e. The van der Waals surface area contributed by atoms with Gasteiger partial charge in [0.1, 0.15) is 5.75 Å². The molecule has 0 radical (unpaired) electrons. The number of rotatable bonds is 3. The minimum absolute atomic E-state index is 0.336. The third-order valence-corrected chi connectivity index (χ3v) is 3.05. The van der Waals surface area contributed by atoms with E-state index in [0.29, 0.717) is 17.6 Å². The minimum atomic E-state index is 0.336. The first-order valence-corrected chi connectivity index (χ1v) is 6.02. The number of aromatic hydroxyl groups is 1. The summed E-state index contributed by atoms with van der Waals surface area (Å²) in [5.74, 6) is 1.17. The fourth-order valence-corrected chi connectivity index (χ4v) is 2.34. The van der Waals surface area contributed by atoms with Crippen LogP contribution in [0.1, 0.15) is 30.9 Å². The van der Waals surface area contributed by atoms with Gasteiger partial charge in [0.2, 0.25) is 0 Å². The monoisotopic (exact) mass is 226 g/mol. The van der Waals surface area contributed by atoms with Crippen molar-refractivity contribution < 1.29 is 5.11 Å². The summed E-state index contributed by atoms with van der Waals surface area (Å²) in [5.41, 5.74) is 2.47. The number of phenolic OH excluding ortho intramolecular Hbond substituents is 1. The molecule has 1 nitrogen and oxygen atoms in total. The maximum Gasteiger partial charge on any atom is 0.115 e. The zero-order chi connectivity index (χ0) is 12.3. The summed E-state index contributed by atoms with van der Waals surface area (Å²) >= 11 is 0. The van der Waals surface area contributed by atoms with Crippen LogP contribution in [0, 0.1) is 5.92 Å². The molecule has 0 aromatic heterocycles. The number of phenols is 1. The average molecular weight is 226 g/mol. The topological polar surface area (TPSA) is 20.2 Å². The van der Waals surface area contributed by atoms with Gasteiger partial charge in [0.15, 0.2) is 0 Å². The standard InChI is InChI=1S/C16H18O/c1-12(2)16(13-7-4-3-5-8-13)14-9-6-10-15(17)11-14/h3-12,16-17H,1-2H3. The molecule has 0 bridgehead atoms. The molecule has 1 atom stereocenters. The van der Waals surface area contributed by atoms with E-state index in [0.717, 1.165) is 0 Å². The molecule has 2 rings (SSSR count). The molecule has 0 spiro atoms. The Kier molecular flexibility index (Phi) is 3.48. The Hall–Kier alpha value is -1.76. The van der Waals surface area contributed by atoms with Crippen LogP contribution in [0.25, 0.3) is 0 Å². The normalized spacial score (nSPS) is 12.6. The quantitative estimate of drug-likeness (QED) is 0.832. The molecule has 2 aromatic rings. The van der Waals surface area contributed by atoms with Crippen LogP contribution in [0.4, 0.5) is 0 Å². The van der Waals surface area contributed by atoms with Crippen molar-refractivity contribution in [2.75, 3.05) is 0 Å². The Bertz CT molecular complexity index is 474. The summed E-state index contributed by atoms with van der Waals surface area (Å²) in [5, 5.41) is 9.59. The molecule has 1 unspecified atom stereocenters. The van der Waals surface area contributed by atoms with Gasteiger partial charge in [0.05, 0.1) is 0 Å². The number of benzene rings is 2. The van der Waals surface area contributed by atoms with E-state index >= 15 is 0 Å². The van der Waals surface area contributed by atoms with Gasteiger partial charge in [-0.1, -0.05) is 56.3 Å². The van der Waals surface area contributed by atoms with Gasteiger partial charge >= 0.3 is 0 Å². The largest absolute Gasteiger partial charge is 0.508 e. The van der Waals surface area contributed by atoms with Gasteiger partial charge < -0.3 is 5.11 Å². The van der Waals surface area contributed by atoms with Crippen molar-refractivity contribution in [3.63, 3.8) is 0 Å². The molecular weight excluding hydrogens is 208 g/mol. The summed E-state index contributed by atoms with van der Waals surface area (Å²) < 4.78 is 0. The second kappa shape index (κ2) is 5.05. The third kappa shape index (κ3) is 2.68. The Morgan fingerprint density at radius 3 is 2.06 bits per heavy atom. The lowest BCUT2D eigenvalue weighted by Gasteiger charge is -2.22. The van der Waals surface area contributed by atoms with Gasteiger partial charge in [-0.25, -0.2) is 0 Å². The molecule has 0 amide bonds. The maximum atomic E-state index is 9.59. The van der Waals surface area contributed by atoms with E-state index in [2.05, 4.69) is 44.2 Å².